The summed E-state index contributed by atoms with van der Waals surface area (Å²) in [5, 5.41) is 3.13. The third-order valence-corrected chi connectivity index (χ3v) is 3.42. The van der Waals surface area contributed by atoms with Gasteiger partial charge in [0.2, 0.25) is 0 Å². The van der Waals surface area contributed by atoms with E-state index in [1.54, 1.807) is 12.3 Å². The standard InChI is InChI=1S/C11H12BrClN2O2/c1-11(2-3-17-6-11)15-10(16)8-4-7(12)5-14-9(8)13/h4-5H,2-3,6H2,1H3,(H,15,16). The van der Waals surface area contributed by atoms with Crippen molar-refractivity contribution in [1.82, 2.24) is 10.3 Å². The first-order valence-corrected chi connectivity index (χ1v) is 6.39. The zero-order valence-electron chi connectivity index (χ0n) is 9.30. The van der Waals surface area contributed by atoms with Gasteiger partial charge >= 0.3 is 0 Å². The summed E-state index contributed by atoms with van der Waals surface area (Å²) < 4.78 is 6.00. The minimum absolute atomic E-state index is 0.202. The van der Waals surface area contributed by atoms with Crippen LogP contribution in [0.4, 0.5) is 0 Å². The van der Waals surface area contributed by atoms with E-state index in [0.717, 1.165) is 10.9 Å². The summed E-state index contributed by atoms with van der Waals surface area (Å²) in [4.78, 5) is 16.0. The lowest BCUT2D eigenvalue weighted by molar-refractivity contribution is 0.0889. The second-order valence-corrected chi connectivity index (χ2v) is 5.58. The maximum absolute atomic E-state index is 12.1. The molecule has 2 heterocycles. The van der Waals surface area contributed by atoms with Crippen LogP contribution in [-0.2, 0) is 4.74 Å². The lowest BCUT2D eigenvalue weighted by Crippen LogP contribution is -2.46. The van der Waals surface area contributed by atoms with Crippen LogP contribution < -0.4 is 5.32 Å². The summed E-state index contributed by atoms with van der Waals surface area (Å²) in [5.41, 5.74) is 0.0529. The number of nitrogens with zero attached hydrogens (tertiary/aromatic N) is 1. The van der Waals surface area contributed by atoms with Gasteiger partial charge in [-0.2, -0.15) is 0 Å². The molecule has 0 radical (unpaired) electrons. The first-order valence-electron chi connectivity index (χ1n) is 5.21. The van der Waals surface area contributed by atoms with Gasteiger partial charge in [-0.25, -0.2) is 4.98 Å². The van der Waals surface area contributed by atoms with Gasteiger partial charge in [0.15, 0.2) is 0 Å². The van der Waals surface area contributed by atoms with Crippen LogP contribution >= 0.6 is 27.5 Å². The molecule has 0 aliphatic carbocycles. The van der Waals surface area contributed by atoms with Gasteiger partial charge < -0.3 is 10.1 Å². The highest BCUT2D eigenvalue weighted by Crippen LogP contribution is 2.21. The number of hydrogen-bond donors (Lipinski definition) is 1. The molecule has 1 unspecified atom stereocenters. The Morgan fingerprint density at radius 1 is 1.71 bits per heavy atom. The zero-order valence-corrected chi connectivity index (χ0v) is 11.6. The molecule has 1 saturated heterocycles. The molecule has 1 amide bonds. The Morgan fingerprint density at radius 3 is 3.12 bits per heavy atom. The van der Waals surface area contributed by atoms with Crippen molar-refractivity contribution in [3.05, 3.63) is 27.5 Å². The quantitative estimate of drug-likeness (QED) is 0.852. The molecule has 0 bridgehead atoms. The number of amides is 1. The molecule has 17 heavy (non-hydrogen) atoms. The third-order valence-electron chi connectivity index (χ3n) is 2.68. The maximum Gasteiger partial charge on any atom is 0.254 e. The molecule has 4 nitrogen and oxygen atoms in total. The average Bonchev–Trinajstić information content (AvgIpc) is 2.68. The topological polar surface area (TPSA) is 51.2 Å². The van der Waals surface area contributed by atoms with Crippen molar-refractivity contribution in [1.29, 1.82) is 0 Å². The Balaban J connectivity index is 2.17. The van der Waals surface area contributed by atoms with Gasteiger partial charge in [0.1, 0.15) is 5.15 Å². The van der Waals surface area contributed by atoms with Gasteiger partial charge in [-0.15, -0.1) is 0 Å². The summed E-state index contributed by atoms with van der Waals surface area (Å²) >= 11 is 9.16. The third kappa shape index (κ3) is 2.97. The molecule has 1 aromatic heterocycles. The van der Waals surface area contributed by atoms with E-state index in [-0.39, 0.29) is 16.6 Å². The van der Waals surface area contributed by atoms with E-state index in [1.807, 2.05) is 6.92 Å². The van der Waals surface area contributed by atoms with E-state index >= 15 is 0 Å². The van der Waals surface area contributed by atoms with Gasteiger partial charge in [-0.1, -0.05) is 11.6 Å². The van der Waals surface area contributed by atoms with Crippen molar-refractivity contribution in [2.24, 2.45) is 0 Å². The molecule has 1 aliphatic heterocycles. The maximum atomic E-state index is 12.1. The number of ether oxygens (including phenoxy) is 1. The Morgan fingerprint density at radius 2 is 2.47 bits per heavy atom. The van der Waals surface area contributed by atoms with Crippen molar-refractivity contribution < 1.29 is 9.53 Å². The van der Waals surface area contributed by atoms with Gasteiger partial charge in [0, 0.05) is 17.3 Å². The molecule has 6 heteroatoms. The number of rotatable bonds is 2. The van der Waals surface area contributed by atoms with E-state index in [0.29, 0.717) is 18.8 Å². The van der Waals surface area contributed by atoms with Crippen molar-refractivity contribution in [2.45, 2.75) is 18.9 Å². The van der Waals surface area contributed by atoms with E-state index in [1.165, 1.54) is 0 Å². The van der Waals surface area contributed by atoms with Crippen LogP contribution in [0.3, 0.4) is 0 Å². The largest absolute Gasteiger partial charge is 0.379 e. The predicted molar refractivity (Wildman–Crippen MR) is 68.3 cm³/mol. The molecule has 0 saturated carbocycles. The molecule has 1 N–H and O–H groups in total. The van der Waals surface area contributed by atoms with Crippen LogP contribution in [0.25, 0.3) is 0 Å². The smallest absolute Gasteiger partial charge is 0.254 e. The van der Waals surface area contributed by atoms with Gasteiger partial charge in [-0.05, 0) is 35.3 Å². The van der Waals surface area contributed by atoms with E-state index in [2.05, 4.69) is 26.2 Å². The second kappa shape index (κ2) is 4.92. The van der Waals surface area contributed by atoms with Crippen molar-refractivity contribution >= 4 is 33.4 Å². The fourth-order valence-corrected chi connectivity index (χ4v) is 2.21. The van der Waals surface area contributed by atoms with Gasteiger partial charge in [0.05, 0.1) is 17.7 Å². The SMILES string of the molecule is CC1(NC(=O)c2cc(Br)cnc2Cl)CCOC1. The van der Waals surface area contributed by atoms with Crippen LogP contribution in [0.1, 0.15) is 23.7 Å². The first kappa shape index (κ1) is 12.8. The molecule has 1 fully saturated rings. The van der Waals surface area contributed by atoms with Crippen LogP contribution in [0.15, 0.2) is 16.7 Å². The highest BCUT2D eigenvalue weighted by atomic mass is 79.9. The van der Waals surface area contributed by atoms with Gasteiger partial charge in [0.25, 0.3) is 5.91 Å². The molecule has 1 aliphatic rings. The molecular formula is C11H12BrClN2O2. The minimum Gasteiger partial charge on any atom is -0.379 e. The Bertz CT molecular complexity index is 447. The van der Waals surface area contributed by atoms with Crippen molar-refractivity contribution in [3.63, 3.8) is 0 Å². The number of hydrogen-bond acceptors (Lipinski definition) is 3. The number of nitrogens with one attached hydrogen (secondary N) is 1. The molecule has 1 aromatic rings. The molecule has 1 atom stereocenters. The zero-order chi connectivity index (χ0) is 12.5. The summed E-state index contributed by atoms with van der Waals surface area (Å²) in [5.74, 6) is -0.225. The number of pyridine rings is 1. The lowest BCUT2D eigenvalue weighted by Gasteiger charge is -2.23. The van der Waals surface area contributed by atoms with Crippen LogP contribution in [0.2, 0.25) is 5.15 Å². The Labute approximate surface area is 113 Å². The molecular weight excluding hydrogens is 307 g/mol. The molecule has 92 valence electrons. The average molecular weight is 320 g/mol. The van der Waals surface area contributed by atoms with Crippen LogP contribution in [0.5, 0.6) is 0 Å². The fourth-order valence-electron chi connectivity index (χ4n) is 1.69. The van der Waals surface area contributed by atoms with Crippen molar-refractivity contribution in [3.8, 4) is 0 Å². The number of halogens is 2. The highest BCUT2D eigenvalue weighted by Gasteiger charge is 2.32. The first-order chi connectivity index (χ1) is 8.00. The summed E-state index contributed by atoms with van der Waals surface area (Å²) in [7, 11) is 0. The number of carbonyl (C=O) groups is 1. The second-order valence-electron chi connectivity index (χ2n) is 4.31. The Kier molecular flexibility index (Phi) is 3.70. The Hall–Kier alpha value is -0.650. The van der Waals surface area contributed by atoms with E-state index in [4.69, 9.17) is 16.3 Å². The number of carbonyl (C=O) groups excluding carboxylic acids is 1. The van der Waals surface area contributed by atoms with E-state index in [9.17, 15) is 4.79 Å². The summed E-state index contributed by atoms with van der Waals surface area (Å²) in [6, 6.07) is 1.66. The lowest BCUT2D eigenvalue weighted by atomic mass is 10.0. The van der Waals surface area contributed by atoms with Crippen LogP contribution in [-0.4, -0.2) is 29.6 Å². The normalized spacial score (nSPS) is 23.7. The van der Waals surface area contributed by atoms with E-state index < -0.39 is 0 Å². The highest BCUT2D eigenvalue weighted by molar-refractivity contribution is 9.10. The van der Waals surface area contributed by atoms with Crippen LogP contribution in [0, 0.1) is 0 Å². The molecule has 2 rings (SSSR count). The minimum atomic E-state index is -0.317. The summed E-state index contributed by atoms with van der Waals surface area (Å²) in [6.45, 7) is 3.15. The monoisotopic (exact) mass is 318 g/mol. The fraction of sp³-hybridized carbons (Fsp3) is 0.455. The molecule has 0 spiro atoms. The van der Waals surface area contributed by atoms with Gasteiger partial charge in [-0.3, -0.25) is 4.79 Å². The predicted octanol–water partition coefficient (Wildman–Crippen LogP) is 2.41. The molecule has 0 aromatic carbocycles. The van der Waals surface area contributed by atoms with Crippen molar-refractivity contribution in [2.75, 3.05) is 13.2 Å². The number of aromatic nitrogens is 1. The summed E-state index contributed by atoms with van der Waals surface area (Å²) in [6.07, 6.45) is 2.36.